The molecule has 82 valence electrons. The smallest absolute Gasteiger partial charge is 0.139 e. The third kappa shape index (κ3) is 2.62. The topological polar surface area (TPSA) is 76.8 Å². The molecule has 0 amide bonds. The highest BCUT2D eigenvalue weighted by Gasteiger charge is 2.12. The maximum Gasteiger partial charge on any atom is 0.139 e. The van der Waals surface area contributed by atoms with Crippen LogP contribution in [-0.4, -0.2) is 13.1 Å². The summed E-state index contributed by atoms with van der Waals surface area (Å²) in [6.45, 7) is -0.0301. The Labute approximate surface area is 101 Å². The summed E-state index contributed by atoms with van der Waals surface area (Å²) in [4.78, 5) is 1.41. The van der Waals surface area contributed by atoms with Crippen molar-refractivity contribution in [2.24, 2.45) is 0 Å². The minimum atomic E-state index is -0.481. The molecule has 1 aromatic carbocycles. The fourth-order valence-electron chi connectivity index (χ4n) is 1.22. The van der Waals surface area contributed by atoms with Crippen LogP contribution in [0.15, 0.2) is 16.6 Å². The van der Waals surface area contributed by atoms with Crippen LogP contribution >= 0.6 is 15.9 Å². The zero-order valence-electron chi connectivity index (χ0n) is 8.24. The average Bonchev–Trinajstić information content (AvgIpc) is 2.23. The maximum atomic E-state index is 13.3. The molecule has 0 aromatic heterocycles. The Bertz CT molecular complexity index is 459. The standard InChI is InChI=1S/C10H8BrFN4/c11-7-5-9(15)10(6-8(7)12)16(3-1-13)4-2-14/h5-6H,3-4,15H2. The van der Waals surface area contributed by atoms with Crippen LogP contribution < -0.4 is 10.6 Å². The molecule has 0 saturated carbocycles. The van der Waals surface area contributed by atoms with Crippen LogP contribution in [0.1, 0.15) is 0 Å². The first-order chi connectivity index (χ1) is 7.60. The van der Waals surface area contributed by atoms with E-state index in [9.17, 15) is 4.39 Å². The molecule has 0 aliphatic heterocycles. The molecule has 6 heteroatoms. The van der Waals surface area contributed by atoms with Gasteiger partial charge in [0.15, 0.2) is 0 Å². The summed E-state index contributed by atoms with van der Waals surface area (Å²) in [5.74, 6) is -0.481. The van der Waals surface area contributed by atoms with E-state index in [1.807, 2.05) is 12.1 Å². The molecule has 0 atom stereocenters. The van der Waals surface area contributed by atoms with Crippen molar-refractivity contribution in [3.8, 4) is 12.1 Å². The van der Waals surface area contributed by atoms with Gasteiger partial charge in [0.25, 0.3) is 0 Å². The van der Waals surface area contributed by atoms with E-state index in [2.05, 4.69) is 15.9 Å². The Hall–Kier alpha value is -1.79. The first-order valence-corrected chi connectivity index (χ1v) is 5.12. The minimum absolute atomic E-state index is 0.0150. The number of nitriles is 2. The Balaban J connectivity index is 3.15. The molecule has 0 aliphatic carbocycles. The second-order valence-corrected chi connectivity index (χ2v) is 3.85. The van der Waals surface area contributed by atoms with Gasteiger partial charge in [-0.15, -0.1) is 0 Å². The van der Waals surface area contributed by atoms with E-state index in [4.69, 9.17) is 16.3 Å². The lowest BCUT2D eigenvalue weighted by molar-refractivity contribution is 0.621. The second-order valence-electron chi connectivity index (χ2n) is 3.00. The number of nitrogens with zero attached hydrogens (tertiary/aromatic N) is 3. The number of benzene rings is 1. The number of hydrogen-bond acceptors (Lipinski definition) is 4. The molecule has 0 fully saturated rings. The third-order valence-corrected chi connectivity index (χ3v) is 2.54. The average molecular weight is 283 g/mol. The molecule has 0 saturated heterocycles. The molecule has 0 aliphatic rings. The summed E-state index contributed by atoms with van der Waals surface area (Å²) in [5.41, 5.74) is 6.36. The van der Waals surface area contributed by atoms with Crippen LogP contribution in [0.25, 0.3) is 0 Å². The summed E-state index contributed by atoms with van der Waals surface area (Å²) in [6.07, 6.45) is 0. The van der Waals surface area contributed by atoms with E-state index in [0.29, 0.717) is 11.4 Å². The number of nitrogens with two attached hydrogens (primary N) is 1. The SMILES string of the molecule is N#CCN(CC#N)c1cc(F)c(Br)cc1N. The third-order valence-electron chi connectivity index (χ3n) is 1.93. The van der Waals surface area contributed by atoms with Crippen LogP contribution in [0.4, 0.5) is 15.8 Å². The van der Waals surface area contributed by atoms with Crippen molar-refractivity contribution in [1.29, 1.82) is 10.5 Å². The minimum Gasteiger partial charge on any atom is -0.397 e. The normalized spacial score (nSPS) is 9.25. The second kappa shape index (κ2) is 5.34. The molecule has 0 heterocycles. The lowest BCUT2D eigenvalue weighted by atomic mass is 10.2. The number of anilines is 2. The highest BCUT2D eigenvalue weighted by atomic mass is 79.9. The van der Waals surface area contributed by atoms with Crippen molar-refractivity contribution in [3.63, 3.8) is 0 Å². The van der Waals surface area contributed by atoms with Gasteiger partial charge in [-0.3, -0.25) is 0 Å². The molecule has 4 nitrogen and oxygen atoms in total. The van der Waals surface area contributed by atoms with E-state index in [0.717, 1.165) is 0 Å². The van der Waals surface area contributed by atoms with Crippen LogP contribution in [0.2, 0.25) is 0 Å². The van der Waals surface area contributed by atoms with Crippen molar-refractivity contribution in [2.75, 3.05) is 23.7 Å². The molecule has 0 bridgehead atoms. The van der Waals surface area contributed by atoms with Crippen molar-refractivity contribution in [1.82, 2.24) is 0 Å². The van der Waals surface area contributed by atoms with Gasteiger partial charge in [-0.2, -0.15) is 10.5 Å². The first-order valence-electron chi connectivity index (χ1n) is 4.33. The van der Waals surface area contributed by atoms with Gasteiger partial charge in [-0.25, -0.2) is 4.39 Å². The summed E-state index contributed by atoms with van der Waals surface area (Å²) in [6, 6.07) is 6.41. The molecular weight excluding hydrogens is 275 g/mol. The predicted octanol–water partition coefficient (Wildman–Crippen LogP) is 2.02. The quantitative estimate of drug-likeness (QED) is 0.680. The summed E-state index contributed by atoms with van der Waals surface area (Å²) in [5, 5.41) is 17.2. The molecule has 0 unspecified atom stereocenters. The molecule has 0 radical (unpaired) electrons. The monoisotopic (exact) mass is 282 g/mol. The highest BCUT2D eigenvalue weighted by Crippen LogP contribution is 2.29. The Kier molecular flexibility index (Phi) is 4.10. The van der Waals surface area contributed by atoms with E-state index in [1.54, 1.807) is 0 Å². The summed E-state index contributed by atoms with van der Waals surface area (Å²) >= 11 is 3.00. The number of nitrogen functional groups attached to an aromatic ring is 1. The lowest BCUT2D eigenvalue weighted by Gasteiger charge is -2.20. The van der Waals surface area contributed by atoms with E-state index in [-0.39, 0.29) is 17.6 Å². The van der Waals surface area contributed by atoms with E-state index in [1.165, 1.54) is 17.0 Å². The van der Waals surface area contributed by atoms with Gasteiger partial charge in [0.2, 0.25) is 0 Å². The zero-order valence-corrected chi connectivity index (χ0v) is 9.83. The number of halogens is 2. The van der Waals surface area contributed by atoms with Gasteiger partial charge in [-0.1, -0.05) is 0 Å². The summed E-state index contributed by atoms with van der Waals surface area (Å²) < 4.78 is 13.6. The van der Waals surface area contributed by atoms with Crippen molar-refractivity contribution < 1.29 is 4.39 Å². The largest absolute Gasteiger partial charge is 0.397 e. The van der Waals surface area contributed by atoms with Gasteiger partial charge in [-0.05, 0) is 22.0 Å². The Morgan fingerprint density at radius 3 is 2.38 bits per heavy atom. The number of rotatable bonds is 3. The fraction of sp³-hybridized carbons (Fsp3) is 0.200. The molecule has 1 aromatic rings. The van der Waals surface area contributed by atoms with Crippen molar-refractivity contribution >= 4 is 27.3 Å². The van der Waals surface area contributed by atoms with E-state index < -0.39 is 5.82 Å². The molecule has 0 spiro atoms. The van der Waals surface area contributed by atoms with Crippen molar-refractivity contribution in [2.45, 2.75) is 0 Å². The van der Waals surface area contributed by atoms with E-state index >= 15 is 0 Å². The van der Waals surface area contributed by atoms with Crippen LogP contribution in [-0.2, 0) is 0 Å². The molecular formula is C10H8BrFN4. The Morgan fingerprint density at radius 1 is 1.31 bits per heavy atom. The lowest BCUT2D eigenvalue weighted by Crippen LogP contribution is -2.24. The molecule has 2 N–H and O–H groups in total. The Morgan fingerprint density at radius 2 is 1.88 bits per heavy atom. The molecule has 16 heavy (non-hydrogen) atoms. The van der Waals surface area contributed by atoms with Crippen LogP contribution in [0.5, 0.6) is 0 Å². The van der Waals surface area contributed by atoms with Gasteiger partial charge < -0.3 is 10.6 Å². The van der Waals surface area contributed by atoms with Crippen LogP contribution in [0.3, 0.4) is 0 Å². The first kappa shape index (κ1) is 12.3. The van der Waals surface area contributed by atoms with Gasteiger partial charge in [0.1, 0.15) is 18.9 Å². The molecule has 1 rings (SSSR count). The zero-order chi connectivity index (χ0) is 12.1. The summed E-state index contributed by atoms with van der Waals surface area (Å²) in [7, 11) is 0. The number of hydrogen-bond donors (Lipinski definition) is 1. The van der Waals surface area contributed by atoms with Gasteiger partial charge in [0.05, 0.1) is 28.0 Å². The predicted molar refractivity (Wildman–Crippen MR) is 62.0 cm³/mol. The van der Waals surface area contributed by atoms with Crippen molar-refractivity contribution in [3.05, 3.63) is 22.4 Å². The van der Waals surface area contributed by atoms with Gasteiger partial charge >= 0.3 is 0 Å². The fourth-order valence-corrected chi connectivity index (χ4v) is 1.58. The highest BCUT2D eigenvalue weighted by molar-refractivity contribution is 9.10. The maximum absolute atomic E-state index is 13.3. The van der Waals surface area contributed by atoms with Gasteiger partial charge in [0, 0.05) is 6.07 Å². The van der Waals surface area contributed by atoms with Crippen LogP contribution in [0, 0.1) is 28.5 Å².